The summed E-state index contributed by atoms with van der Waals surface area (Å²) in [5, 5.41) is 0. The molecule has 0 unspecified atom stereocenters. The molecule has 0 saturated carbocycles. The van der Waals surface area contributed by atoms with Gasteiger partial charge >= 0.3 is 23.1 Å². The average molecular weight is 240 g/mol. The molecule has 0 N–H and O–H groups in total. The van der Waals surface area contributed by atoms with E-state index in [4.69, 9.17) is 0 Å². The van der Waals surface area contributed by atoms with Gasteiger partial charge in [-0.3, -0.25) is 0 Å². The van der Waals surface area contributed by atoms with Crippen molar-refractivity contribution in [2.45, 2.75) is 0 Å². The van der Waals surface area contributed by atoms with Crippen molar-refractivity contribution < 1.29 is 53.6 Å². The van der Waals surface area contributed by atoms with Crippen molar-refractivity contribution in [1.29, 1.82) is 0 Å². The fourth-order valence-electron chi connectivity index (χ4n) is 0. The van der Waals surface area contributed by atoms with Crippen molar-refractivity contribution >= 4 is 40.4 Å². The largest absolute Gasteiger partial charge is 0.316 e. The minimum atomic E-state index is 0. The van der Waals surface area contributed by atoms with E-state index >= 15 is 0 Å². The first-order valence-electron chi connectivity index (χ1n) is 0. The Hall–Kier alpha value is 2.96. The first kappa shape index (κ1) is 44.0. The smallest absolute Gasteiger partial charge is 0 e. The van der Waals surface area contributed by atoms with Crippen LogP contribution in [0, 0.1) is 0 Å². The number of rotatable bonds is 0. The normalized spacial score (nSPS) is 0. The Morgan fingerprint density at radius 1 is 1.00 bits per heavy atom. The zero-order valence-corrected chi connectivity index (χ0v) is 6.48. The van der Waals surface area contributed by atoms with Crippen molar-refractivity contribution in [2.75, 3.05) is 0 Å². The summed E-state index contributed by atoms with van der Waals surface area (Å²) in [6, 6.07) is 0. The zero-order chi connectivity index (χ0) is 0. The fourth-order valence-corrected chi connectivity index (χ4v) is 0. The van der Waals surface area contributed by atoms with Crippen LogP contribution in [0.1, 0.15) is 0 Å². The van der Waals surface area contributed by atoms with Crippen molar-refractivity contribution in [1.82, 2.24) is 0 Å². The van der Waals surface area contributed by atoms with E-state index in [9.17, 15) is 0 Å². The third-order valence-corrected chi connectivity index (χ3v) is 0. The summed E-state index contributed by atoms with van der Waals surface area (Å²) < 4.78 is 0. The predicted octanol–water partition coefficient (Wildman–Crippen LogP) is -2.11. The average Bonchev–Trinajstić information content (AvgIpc) is 0. The van der Waals surface area contributed by atoms with Crippen LogP contribution < -0.4 is 0 Å². The van der Waals surface area contributed by atoms with Crippen LogP contribution in [0.4, 0.5) is 0 Å². The Bertz CT molecular complexity index is 11.6. The second kappa shape index (κ2) is 28.2. The van der Waals surface area contributed by atoms with E-state index in [0.29, 0.717) is 0 Å². The summed E-state index contributed by atoms with van der Waals surface area (Å²) in [4.78, 5) is 0. The van der Waals surface area contributed by atoms with E-state index in [0.717, 1.165) is 0 Å². The van der Waals surface area contributed by atoms with Gasteiger partial charge in [-0.1, -0.05) is 0 Å². The first-order valence-corrected chi connectivity index (χ1v) is 0. The molecule has 30 valence electrons. The third-order valence-electron chi connectivity index (χ3n) is 0. The van der Waals surface area contributed by atoms with E-state index in [-0.39, 0.29) is 94.0 Å². The zero-order valence-electron chi connectivity index (χ0n) is 1.39. The van der Waals surface area contributed by atoms with Gasteiger partial charge in [-0.2, -0.15) is 0 Å². The molecule has 0 aromatic heterocycles. The molecule has 0 amide bonds. The molecule has 0 aromatic rings. The second-order valence-corrected chi connectivity index (χ2v) is 0. The standard InChI is InChI=1S/Al.Cu.Mg.Mn.Zn.5H. The van der Waals surface area contributed by atoms with Crippen molar-refractivity contribution in [3.63, 3.8) is 0 Å². The molecule has 0 fully saturated rings. The Morgan fingerprint density at radius 2 is 1.00 bits per heavy atom. The Labute approximate surface area is 92.6 Å². The van der Waals surface area contributed by atoms with Crippen LogP contribution >= 0.6 is 0 Å². The van der Waals surface area contributed by atoms with E-state index in [1.807, 2.05) is 0 Å². The van der Waals surface area contributed by atoms with Gasteiger partial charge < -0.3 is 0 Å². The predicted molar refractivity (Wildman–Crippen MR) is 18.5 cm³/mol. The van der Waals surface area contributed by atoms with Crippen LogP contribution in [0.25, 0.3) is 0 Å². The topological polar surface area (TPSA) is 0 Å². The quantitative estimate of drug-likeness (QED) is 0.425. The molecule has 0 atom stereocenters. The molecule has 2 radical (unpaired) electrons. The van der Waals surface area contributed by atoms with Crippen LogP contribution in [0.2, 0.25) is 0 Å². The second-order valence-electron chi connectivity index (χ2n) is 0. The van der Waals surface area contributed by atoms with E-state index in [2.05, 4.69) is 0 Å². The molecule has 0 rings (SSSR count). The third kappa shape index (κ3) is 19.5. The van der Waals surface area contributed by atoms with Gasteiger partial charge in [0.25, 0.3) is 0 Å². The van der Waals surface area contributed by atoms with Crippen LogP contribution in [0.15, 0.2) is 0 Å². The van der Waals surface area contributed by atoms with Gasteiger partial charge in [0.15, 0.2) is 17.4 Å². The summed E-state index contributed by atoms with van der Waals surface area (Å²) >= 11 is 0. The molecular weight excluding hydrogens is 235 g/mol. The van der Waals surface area contributed by atoms with Crippen molar-refractivity contribution in [3.05, 3.63) is 0 Å². The monoisotopic (exact) mass is 238 g/mol. The van der Waals surface area contributed by atoms with Crippen LogP contribution in [-0.4, -0.2) is 40.4 Å². The van der Waals surface area contributed by atoms with E-state index in [1.165, 1.54) is 0 Å². The molecule has 5 heavy (non-hydrogen) atoms. The number of hydrogen-bond donors (Lipinski definition) is 0. The molecule has 0 saturated heterocycles. The van der Waals surface area contributed by atoms with Gasteiger partial charge in [0.2, 0.25) is 0 Å². The molecule has 0 nitrogen and oxygen atoms in total. The molecule has 0 spiro atoms. The summed E-state index contributed by atoms with van der Waals surface area (Å²) in [6.45, 7) is 0. The van der Waals surface area contributed by atoms with Gasteiger partial charge in [-0.15, -0.1) is 0 Å². The summed E-state index contributed by atoms with van der Waals surface area (Å²) in [5.41, 5.74) is 0. The van der Waals surface area contributed by atoms with Gasteiger partial charge in [0.05, 0.1) is 0 Å². The maximum absolute atomic E-state index is 0. The first-order chi connectivity index (χ1) is 0. The number of hydrogen-bond acceptors (Lipinski definition) is 0. The molecule has 0 aromatic carbocycles. The Morgan fingerprint density at radius 3 is 1.00 bits per heavy atom. The molecule has 0 aliphatic rings. The van der Waals surface area contributed by atoms with Crippen LogP contribution in [0.5, 0.6) is 0 Å². The fraction of sp³-hybridized carbons (Fsp3) is 0. The SMILES string of the molecule is [AlH3].[Cu].[MgH2].[Mn].[Zn]. The Balaban J connectivity index is 0. The molecule has 0 aliphatic carbocycles. The minimum absolute atomic E-state index is 0. The van der Waals surface area contributed by atoms with E-state index in [1.54, 1.807) is 0 Å². The molecule has 0 aliphatic heterocycles. The van der Waals surface area contributed by atoms with Crippen LogP contribution in [-0.2, 0) is 53.6 Å². The summed E-state index contributed by atoms with van der Waals surface area (Å²) in [6.07, 6.45) is 0. The summed E-state index contributed by atoms with van der Waals surface area (Å²) in [7, 11) is 0. The van der Waals surface area contributed by atoms with Gasteiger partial charge in [-0.25, -0.2) is 0 Å². The van der Waals surface area contributed by atoms with E-state index < -0.39 is 0 Å². The van der Waals surface area contributed by atoms with Gasteiger partial charge in [-0.05, 0) is 0 Å². The van der Waals surface area contributed by atoms with Gasteiger partial charge in [0, 0.05) is 53.6 Å². The maximum Gasteiger partial charge on any atom is 0.316 e. The maximum atomic E-state index is 0. The summed E-state index contributed by atoms with van der Waals surface area (Å²) in [5.74, 6) is 0. The molecular formula is H5AlCuMgMnZn. The van der Waals surface area contributed by atoms with Gasteiger partial charge in [0.1, 0.15) is 0 Å². The molecule has 0 heterocycles. The van der Waals surface area contributed by atoms with Crippen LogP contribution in [0.3, 0.4) is 0 Å². The molecule has 0 bridgehead atoms. The van der Waals surface area contributed by atoms with Crippen molar-refractivity contribution in [2.24, 2.45) is 0 Å². The van der Waals surface area contributed by atoms with Crippen molar-refractivity contribution in [3.8, 4) is 0 Å². The minimum Gasteiger partial charge on any atom is 0 e. The molecule has 5 heteroatoms. The Kier molecular flexibility index (Phi) is 248.